The highest BCUT2D eigenvalue weighted by Crippen LogP contribution is 2.37. The number of fused-ring (bicyclic) bond motifs is 2. The van der Waals surface area contributed by atoms with E-state index in [1.807, 2.05) is 17.0 Å². The normalized spacial score (nSPS) is 17.4. The third kappa shape index (κ3) is 4.39. The van der Waals surface area contributed by atoms with Crippen molar-refractivity contribution in [3.8, 4) is 11.5 Å². The van der Waals surface area contributed by atoms with E-state index in [-0.39, 0.29) is 23.8 Å². The summed E-state index contributed by atoms with van der Waals surface area (Å²) in [4.78, 5) is 39.1. The van der Waals surface area contributed by atoms with Gasteiger partial charge in [0.05, 0.1) is 6.42 Å². The van der Waals surface area contributed by atoms with Crippen LogP contribution in [0, 0.1) is 0 Å². The van der Waals surface area contributed by atoms with Gasteiger partial charge in [-0.05, 0) is 79.4 Å². The lowest BCUT2D eigenvalue weighted by Gasteiger charge is -2.34. The van der Waals surface area contributed by atoms with E-state index in [1.54, 1.807) is 6.07 Å². The van der Waals surface area contributed by atoms with E-state index in [9.17, 15) is 24.6 Å². The minimum absolute atomic E-state index is 0.0387. The summed E-state index contributed by atoms with van der Waals surface area (Å²) >= 11 is 0. The molecule has 4 rings (SSSR count). The third-order valence-corrected chi connectivity index (χ3v) is 6.65. The van der Waals surface area contributed by atoms with Crippen molar-refractivity contribution in [2.24, 2.45) is 0 Å². The first kappa shape index (κ1) is 22.0. The number of phenols is 2. The molecule has 2 aromatic carbocycles. The third-order valence-electron chi connectivity index (χ3n) is 6.65. The van der Waals surface area contributed by atoms with Crippen LogP contribution in [0.15, 0.2) is 24.3 Å². The Labute approximate surface area is 187 Å². The number of carbonyl (C=O) groups is 3. The zero-order chi connectivity index (χ0) is 22.8. The van der Waals surface area contributed by atoms with Crippen LogP contribution in [0.3, 0.4) is 0 Å². The second-order valence-corrected chi connectivity index (χ2v) is 8.85. The summed E-state index contributed by atoms with van der Waals surface area (Å²) in [5, 5.41) is 19.5. The Balaban J connectivity index is 1.27. The van der Waals surface area contributed by atoms with Gasteiger partial charge in [0, 0.05) is 36.7 Å². The number of aromatic hydroxyl groups is 2. The minimum atomic E-state index is -0.188. The standard InChI is InChI=1S/C25H28N2O5/c1-26(13-19-7-18-8-20(14-28)21(15-29)9-22(18)19)4-2-5-27-6-3-16-10-23(30)24(31)11-17(16)12-25(27)32/h8-11,14-15,19,30-31H,2-7,12-13H2,1H3. The summed E-state index contributed by atoms with van der Waals surface area (Å²) in [6.07, 6.45) is 4.12. The molecule has 0 fully saturated rings. The molecule has 0 spiro atoms. The Morgan fingerprint density at radius 3 is 2.44 bits per heavy atom. The Morgan fingerprint density at radius 1 is 1.03 bits per heavy atom. The molecule has 0 radical (unpaired) electrons. The molecule has 0 saturated heterocycles. The molecule has 32 heavy (non-hydrogen) atoms. The highest BCUT2D eigenvalue weighted by Gasteiger charge is 2.28. The van der Waals surface area contributed by atoms with Crippen LogP contribution in [0.25, 0.3) is 0 Å². The lowest BCUT2D eigenvalue weighted by molar-refractivity contribution is -0.130. The number of hydrogen-bond acceptors (Lipinski definition) is 6. The van der Waals surface area contributed by atoms with Gasteiger partial charge in [-0.2, -0.15) is 0 Å². The van der Waals surface area contributed by atoms with Crippen molar-refractivity contribution in [1.82, 2.24) is 9.80 Å². The molecule has 0 aromatic heterocycles. The Morgan fingerprint density at radius 2 is 1.72 bits per heavy atom. The van der Waals surface area contributed by atoms with E-state index in [0.717, 1.165) is 60.8 Å². The van der Waals surface area contributed by atoms with E-state index >= 15 is 0 Å². The maximum atomic E-state index is 12.6. The molecule has 1 aliphatic carbocycles. The molecule has 7 heteroatoms. The highest BCUT2D eigenvalue weighted by molar-refractivity contribution is 5.91. The quantitative estimate of drug-likeness (QED) is 0.487. The number of phenolic OH excluding ortho intramolecular Hbond substituents is 2. The summed E-state index contributed by atoms with van der Waals surface area (Å²) in [5.41, 5.74) is 4.89. The molecule has 0 saturated carbocycles. The molecule has 1 atom stereocenters. The van der Waals surface area contributed by atoms with E-state index in [2.05, 4.69) is 11.9 Å². The smallest absolute Gasteiger partial charge is 0.227 e. The number of rotatable bonds is 8. The average Bonchev–Trinajstić information content (AvgIpc) is 2.90. The Bertz CT molecular complexity index is 1060. The molecule has 2 N–H and O–H groups in total. The van der Waals surface area contributed by atoms with E-state index in [4.69, 9.17) is 0 Å². The van der Waals surface area contributed by atoms with Crippen LogP contribution in [0.1, 0.15) is 55.3 Å². The van der Waals surface area contributed by atoms with Crippen LogP contribution in [0.5, 0.6) is 11.5 Å². The first-order valence-corrected chi connectivity index (χ1v) is 11.0. The minimum Gasteiger partial charge on any atom is -0.504 e. The second-order valence-electron chi connectivity index (χ2n) is 8.85. The molecule has 1 heterocycles. The van der Waals surface area contributed by atoms with Crippen LogP contribution >= 0.6 is 0 Å². The number of nitrogens with zero attached hydrogens (tertiary/aromatic N) is 2. The van der Waals surface area contributed by atoms with Crippen molar-refractivity contribution < 1.29 is 24.6 Å². The second kappa shape index (κ2) is 9.12. The fourth-order valence-electron chi connectivity index (χ4n) is 4.82. The SMILES string of the molecule is CN(CCCN1CCc2cc(O)c(O)cc2CC1=O)CC1Cc2cc(C=O)c(C=O)cc21. The lowest BCUT2D eigenvalue weighted by Crippen LogP contribution is -2.36. The fraction of sp³-hybridized carbons (Fsp3) is 0.400. The number of hydrogen-bond donors (Lipinski definition) is 2. The van der Waals surface area contributed by atoms with Crippen LogP contribution < -0.4 is 0 Å². The molecule has 1 amide bonds. The van der Waals surface area contributed by atoms with Gasteiger partial charge in [-0.25, -0.2) is 0 Å². The predicted molar refractivity (Wildman–Crippen MR) is 120 cm³/mol. The summed E-state index contributed by atoms with van der Waals surface area (Å²) in [6, 6.07) is 6.71. The van der Waals surface area contributed by atoms with Gasteiger partial charge in [-0.15, -0.1) is 0 Å². The van der Waals surface area contributed by atoms with E-state index in [0.29, 0.717) is 36.6 Å². The number of aldehydes is 2. The molecule has 2 aliphatic rings. The number of benzene rings is 2. The molecule has 2 aromatic rings. The molecule has 0 bridgehead atoms. The first-order chi connectivity index (χ1) is 15.4. The summed E-state index contributed by atoms with van der Waals surface area (Å²) < 4.78 is 0. The van der Waals surface area contributed by atoms with Gasteiger partial charge in [0.1, 0.15) is 0 Å². The number of amides is 1. The number of likely N-dealkylation sites (N-methyl/N-ethyl adjacent to an activating group) is 1. The van der Waals surface area contributed by atoms with Gasteiger partial charge >= 0.3 is 0 Å². The number of carbonyl (C=O) groups excluding carboxylic acids is 3. The van der Waals surface area contributed by atoms with Crippen LogP contribution in [0.2, 0.25) is 0 Å². The van der Waals surface area contributed by atoms with E-state index < -0.39 is 0 Å². The van der Waals surface area contributed by atoms with Crippen molar-refractivity contribution in [3.05, 3.63) is 57.6 Å². The monoisotopic (exact) mass is 436 g/mol. The molecule has 168 valence electrons. The van der Waals surface area contributed by atoms with Crippen LogP contribution in [0.4, 0.5) is 0 Å². The molecular formula is C25H28N2O5. The molecule has 1 aliphatic heterocycles. The Kier molecular flexibility index (Phi) is 6.28. The first-order valence-electron chi connectivity index (χ1n) is 11.0. The van der Waals surface area contributed by atoms with Crippen molar-refractivity contribution >= 4 is 18.5 Å². The van der Waals surface area contributed by atoms with E-state index in [1.165, 1.54) is 6.07 Å². The summed E-state index contributed by atoms with van der Waals surface area (Å²) in [5.74, 6) is 0.0548. The largest absolute Gasteiger partial charge is 0.504 e. The zero-order valence-corrected chi connectivity index (χ0v) is 18.2. The van der Waals surface area contributed by atoms with Crippen molar-refractivity contribution in [2.75, 3.05) is 33.2 Å². The van der Waals surface area contributed by atoms with Gasteiger partial charge < -0.3 is 20.0 Å². The van der Waals surface area contributed by atoms with Gasteiger partial charge in [0.15, 0.2) is 24.1 Å². The molecular weight excluding hydrogens is 408 g/mol. The average molecular weight is 437 g/mol. The molecule has 7 nitrogen and oxygen atoms in total. The maximum absolute atomic E-state index is 12.6. The zero-order valence-electron chi connectivity index (χ0n) is 18.2. The van der Waals surface area contributed by atoms with Crippen molar-refractivity contribution in [3.63, 3.8) is 0 Å². The Hall–Kier alpha value is -3.19. The summed E-state index contributed by atoms with van der Waals surface area (Å²) in [7, 11) is 2.06. The van der Waals surface area contributed by atoms with Gasteiger partial charge in [-0.1, -0.05) is 0 Å². The predicted octanol–water partition coefficient (Wildman–Crippen LogP) is 2.31. The fourth-order valence-corrected chi connectivity index (χ4v) is 4.82. The maximum Gasteiger partial charge on any atom is 0.227 e. The van der Waals surface area contributed by atoms with Crippen LogP contribution in [-0.4, -0.2) is 71.7 Å². The van der Waals surface area contributed by atoms with Gasteiger partial charge in [-0.3, -0.25) is 14.4 Å². The van der Waals surface area contributed by atoms with Crippen LogP contribution in [-0.2, 0) is 24.1 Å². The lowest BCUT2D eigenvalue weighted by atomic mass is 9.75. The summed E-state index contributed by atoms with van der Waals surface area (Å²) in [6.45, 7) is 2.97. The van der Waals surface area contributed by atoms with Gasteiger partial charge in [0.2, 0.25) is 5.91 Å². The highest BCUT2D eigenvalue weighted by atomic mass is 16.3. The van der Waals surface area contributed by atoms with Crippen molar-refractivity contribution in [1.29, 1.82) is 0 Å². The van der Waals surface area contributed by atoms with Crippen molar-refractivity contribution in [2.45, 2.75) is 31.6 Å². The van der Waals surface area contributed by atoms with Gasteiger partial charge in [0.25, 0.3) is 0 Å². The molecule has 1 unspecified atom stereocenters. The topological polar surface area (TPSA) is 98.1 Å².